The summed E-state index contributed by atoms with van der Waals surface area (Å²) in [7, 11) is 0. The minimum Gasteiger partial charge on any atom is -0.361 e. The summed E-state index contributed by atoms with van der Waals surface area (Å²) in [5, 5.41) is 0. The summed E-state index contributed by atoms with van der Waals surface area (Å²) >= 11 is 5.97. The molecule has 15 heavy (non-hydrogen) atoms. The molecule has 1 heterocycles. The van der Waals surface area contributed by atoms with Crippen LogP contribution in [-0.4, -0.2) is 5.88 Å². The van der Waals surface area contributed by atoms with E-state index in [0.29, 0.717) is 5.88 Å². The molecule has 1 atom stereocenters. The van der Waals surface area contributed by atoms with Crippen LogP contribution >= 0.6 is 11.6 Å². The van der Waals surface area contributed by atoms with E-state index in [0.717, 1.165) is 12.8 Å². The van der Waals surface area contributed by atoms with Crippen molar-refractivity contribution in [3.05, 3.63) is 35.4 Å². The number of benzene rings is 1. The van der Waals surface area contributed by atoms with Gasteiger partial charge in [-0.25, -0.2) is 0 Å². The lowest BCUT2D eigenvalue weighted by atomic mass is 9.90. The number of ether oxygens (including phenoxy) is 1. The van der Waals surface area contributed by atoms with Crippen LogP contribution in [0.3, 0.4) is 0 Å². The smallest absolute Gasteiger partial charge is 0.0976 e. The van der Waals surface area contributed by atoms with E-state index in [9.17, 15) is 0 Å². The molecule has 80 valence electrons. The van der Waals surface area contributed by atoms with Crippen molar-refractivity contribution in [3.8, 4) is 0 Å². The molecule has 1 spiro atoms. The summed E-state index contributed by atoms with van der Waals surface area (Å²) < 4.78 is 6.20. The second-order valence-corrected chi connectivity index (χ2v) is 4.86. The SMILES string of the molecule is ClCC1OC2(CCCC2)c2ccccc21. The molecule has 0 radical (unpaired) electrons. The summed E-state index contributed by atoms with van der Waals surface area (Å²) in [4.78, 5) is 0. The Hall–Kier alpha value is -0.530. The average Bonchev–Trinajstić information content (AvgIpc) is 2.87. The van der Waals surface area contributed by atoms with Crippen LogP contribution in [0.5, 0.6) is 0 Å². The van der Waals surface area contributed by atoms with Gasteiger partial charge in [0.15, 0.2) is 0 Å². The van der Waals surface area contributed by atoms with Gasteiger partial charge in [0.25, 0.3) is 0 Å². The van der Waals surface area contributed by atoms with Crippen LogP contribution in [0, 0.1) is 0 Å². The van der Waals surface area contributed by atoms with E-state index in [2.05, 4.69) is 24.3 Å². The van der Waals surface area contributed by atoms with Gasteiger partial charge in [-0.3, -0.25) is 0 Å². The Labute approximate surface area is 95.4 Å². The van der Waals surface area contributed by atoms with Crippen LogP contribution in [0.25, 0.3) is 0 Å². The second kappa shape index (κ2) is 3.50. The molecule has 0 saturated heterocycles. The molecule has 0 amide bonds. The Bertz CT molecular complexity index is 369. The number of fused-ring (bicyclic) bond motifs is 2. The van der Waals surface area contributed by atoms with E-state index >= 15 is 0 Å². The minimum absolute atomic E-state index is 0.0101. The standard InChI is InChI=1S/C13H15ClO/c14-9-12-10-5-1-2-6-11(10)13(15-12)7-3-4-8-13/h1-2,5-6,12H,3-4,7-9H2. The summed E-state index contributed by atoms with van der Waals surface area (Å²) in [6.45, 7) is 0. The van der Waals surface area contributed by atoms with Gasteiger partial charge < -0.3 is 4.74 Å². The molecule has 1 nitrogen and oxygen atoms in total. The lowest BCUT2D eigenvalue weighted by Crippen LogP contribution is -2.21. The molecule has 1 aliphatic carbocycles. The summed E-state index contributed by atoms with van der Waals surface area (Å²) in [6, 6.07) is 8.57. The van der Waals surface area contributed by atoms with Gasteiger partial charge in [-0.15, -0.1) is 11.6 Å². The van der Waals surface area contributed by atoms with Gasteiger partial charge in [0.1, 0.15) is 0 Å². The van der Waals surface area contributed by atoms with E-state index in [4.69, 9.17) is 16.3 Å². The number of alkyl halides is 1. The van der Waals surface area contributed by atoms with Crippen LogP contribution in [-0.2, 0) is 10.3 Å². The summed E-state index contributed by atoms with van der Waals surface area (Å²) in [5.74, 6) is 0.568. The highest BCUT2D eigenvalue weighted by Gasteiger charge is 2.45. The molecule has 1 aromatic rings. The lowest BCUT2D eigenvalue weighted by molar-refractivity contribution is -0.0635. The van der Waals surface area contributed by atoms with Gasteiger partial charge in [0.05, 0.1) is 17.6 Å². The summed E-state index contributed by atoms with van der Waals surface area (Å²) in [6.07, 6.45) is 5.00. The topological polar surface area (TPSA) is 9.23 Å². The molecular weight excluding hydrogens is 208 g/mol. The van der Waals surface area contributed by atoms with Crippen molar-refractivity contribution < 1.29 is 4.74 Å². The maximum atomic E-state index is 6.20. The molecule has 1 unspecified atom stereocenters. The van der Waals surface area contributed by atoms with Crippen LogP contribution in [0.15, 0.2) is 24.3 Å². The molecule has 2 heteroatoms. The number of hydrogen-bond donors (Lipinski definition) is 0. The van der Waals surface area contributed by atoms with Gasteiger partial charge in [0.2, 0.25) is 0 Å². The Morgan fingerprint density at radius 1 is 1.27 bits per heavy atom. The highest BCUT2D eigenvalue weighted by Crippen LogP contribution is 2.52. The fourth-order valence-electron chi connectivity index (χ4n) is 3.04. The number of rotatable bonds is 1. The first-order valence-corrected chi connectivity index (χ1v) is 6.22. The monoisotopic (exact) mass is 222 g/mol. The quantitative estimate of drug-likeness (QED) is 0.658. The third-order valence-corrected chi connectivity index (χ3v) is 4.00. The van der Waals surface area contributed by atoms with E-state index in [-0.39, 0.29) is 11.7 Å². The highest BCUT2D eigenvalue weighted by atomic mass is 35.5. The first-order valence-electron chi connectivity index (χ1n) is 5.69. The molecule has 0 bridgehead atoms. The van der Waals surface area contributed by atoms with Crippen molar-refractivity contribution in [2.45, 2.75) is 37.4 Å². The van der Waals surface area contributed by atoms with Gasteiger partial charge in [-0.1, -0.05) is 37.1 Å². The Balaban J connectivity index is 2.09. The van der Waals surface area contributed by atoms with Gasteiger partial charge >= 0.3 is 0 Å². The van der Waals surface area contributed by atoms with Gasteiger partial charge in [-0.2, -0.15) is 0 Å². The van der Waals surface area contributed by atoms with Crippen LogP contribution in [0.4, 0.5) is 0 Å². The third kappa shape index (κ3) is 1.33. The molecular formula is C13H15ClO. The van der Waals surface area contributed by atoms with Crippen molar-refractivity contribution in [1.82, 2.24) is 0 Å². The van der Waals surface area contributed by atoms with Crippen LogP contribution < -0.4 is 0 Å². The molecule has 1 fully saturated rings. The average molecular weight is 223 g/mol. The lowest BCUT2D eigenvalue weighted by Gasteiger charge is -2.24. The molecule has 1 aromatic carbocycles. The third-order valence-electron chi connectivity index (χ3n) is 3.72. The fourth-order valence-corrected chi connectivity index (χ4v) is 3.27. The van der Waals surface area contributed by atoms with Crippen molar-refractivity contribution in [1.29, 1.82) is 0 Å². The number of halogens is 1. The summed E-state index contributed by atoms with van der Waals surface area (Å²) in [5.41, 5.74) is 2.72. The van der Waals surface area contributed by atoms with E-state index in [1.54, 1.807) is 0 Å². The Kier molecular flexibility index (Phi) is 2.26. The first-order chi connectivity index (χ1) is 7.36. The van der Waals surface area contributed by atoms with E-state index < -0.39 is 0 Å². The molecule has 3 rings (SSSR count). The maximum Gasteiger partial charge on any atom is 0.0976 e. The zero-order valence-electron chi connectivity index (χ0n) is 8.71. The normalized spacial score (nSPS) is 27.1. The Morgan fingerprint density at radius 3 is 2.73 bits per heavy atom. The number of hydrogen-bond acceptors (Lipinski definition) is 1. The zero-order chi connectivity index (χ0) is 10.3. The molecule has 2 aliphatic rings. The van der Waals surface area contributed by atoms with Crippen molar-refractivity contribution in [3.63, 3.8) is 0 Å². The zero-order valence-corrected chi connectivity index (χ0v) is 9.46. The highest BCUT2D eigenvalue weighted by molar-refractivity contribution is 6.18. The van der Waals surface area contributed by atoms with E-state index in [1.807, 2.05) is 0 Å². The van der Waals surface area contributed by atoms with Crippen molar-refractivity contribution in [2.75, 3.05) is 5.88 Å². The van der Waals surface area contributed by atoms with Crippen LogP contribution in [0.2, 0.25) is 0 Å². The van der Waals surface area contributed by atoms with Gasteiger partial charge in [0, 0.05) is 0 Å². The van der Waals surface area contributed by atoms with Crippen molar-refractivity contribution >= 4 is 11.6 Å². The molecule has 1 saturated carbocycles. The fraction of sp³-hybridized carbons (Fsp3) is 0.538. The maximum absolute atomic E-state index is 6.20. The first kappa shape index (κ1) is 9.68. The van der Waals surface area contributed by atoms with Crippen LogP contribution in [0.1, 0.15) is 42.9 Å². The molecule has 0 aromatic heterocycles. The largest absolute Gasteiger partial charge is 0.361 e. The second-order valence-electron chi connectivity index (χ2n) is 4.55. The molecule has 1 aliphatic heterocycles. The van der Waals surface area contributed by atoms with Gasteiger partial charge in [-0.05, 0) is 24.0 Å². The Morgan fingerprint density at radius 2 is 2.00 bits per heavy atom. The minimum atomic E-state index is 0.0101. The van der Waals surface area contributed by atoms with E-state index in [1.165, 1.54) is 24.0 Å². The molecule has 0 N–H and O–H groups in total. The predicted molar refractivity (Wildman–Crippen MR) is 61.1 cm³/mol. The van der Waals surface area contributed by atoms with Crippen molar-refractivity contribution in [2.24, 2.45) is 0 Å². The predicted octanol–water partition coefficient (Wildman–Crippen LogP) is 3.77.